The maximum absolute atomic E-state index is 12.0. The maximum Gasteiger partial charge on any atom is 0.409 e. The van der Waals surface area contributed by atoms with Crippen LogP contribution in [0.1, 0.15) is 25.0 Å². The van der Waals surface area contributed by atoms with Crippen LogP contribution in [0.2, 0.25) is 0 Å². The molecule has 2 aliphatic heterocycles. The van der Waals surface area contributed by atoms with Crippen molar-refractivity contribution in [2.45, 2.75) is 25.3 Å². The highest BCUT2D eigenvalue weighted by atomic mass is 16.5. The van der Waals surface area contributed by atoms with E-state index in [1.165, 1.54) is 7.11 Å². The molecule has 3 aromatic rings. The minimum atomic E-state index is -0.290. The van der Waals surface area contributed by atoms with Gasteiger partial charge in [-0.25, -0.2) is 19.7 Å². The van der Waals surface area contributed by atoms with Crippen LogP contribution in [0.5, 0.6) is 0 Å². The van der Waals surface area contributed by atoms with E-state index in [-0.39, 0.29) is 18.1 Å². The standard InChI is InChI=1S/C22H26N6O3/c1-14-13-31-10-9-28(14)19-11-18(15-5-8-27(12-15)22(29)30-2)25-21(26-19)17-4-7-24-20-16(17)3-6-23-20/h3-4,6-7,11,14-15H,5,8-10,12-13H2,1-2H3,(H,23,24)/t14-,15-/m1/s1. The predicted molar refractivity (Wildman–Crippen MR) is 116 cm³/mol. The van der Waals surface area contributed by atoms with Gasteiger partial charge >= 0.3 is 6.09 Å². The molecule has 2 atom stereocenters. The molecule has 1 N–H and O–H groups in total. The van der Waals surface area contributed by atoms with Crippen LogP contribution >= 0.6 is 0 Å². The summed E-state index contributed by atoms with van der Waals surface area (Å²) < 4.78 is 10.5. The van der Waals surface area contributed by atoms with Crippen molar-refractivity contribution in [3.63, 3.8) is 0 Å². The van der Waals surface area contributed by atoms with Crippen LogP contribution in [0, 0.1) is 0 Å². The second-order valence-corrected chi connectivity index (χ2v) is 8.09. The normalized spacial score (nSPS) is 21.6. The second kappa shape index (κ2) is 8.14. The van der Waals surface area contributed by atoms with Crippen molar-refractivity contribution >= 4 is 22.9 Å². The third kappa shape index (κ3) is 3.69. The molecule has 0 saturated carbocycles. The Kier molecular flexibility index (Phi) is 5.19. The Morgan fingerprint density at radius 1 is 1.29 bits per heavy atom. The smallest absolute Gasteiger partial charge is 0.409 e. The lowest BCUT2D eigenvalue weighted by molar-refractivity contribution is 0.0985. The third-order valence-electron chi connectivity index (χ3n) is 6.13. The molecular weight excluding hydrogens is 396 g/mol. The Bertz CT molecular complexity index is 1100. The van der Waals surface area contributed by atoms with Crippen molar-refractivity contribution in [1.29, 1.82) is 0 Å². The molecule has 2 aliphatic rings. The fourth-order valence-corrected chi connectivity index (χ4v) is 4.45. The monoisotopic (exact) mass is 422 g/mol. The number of hydrogen-bond donors (Lipinski definition) is 1. The molecule has 9 nitrogen and oxygen atoms in total. The average molecular weight is 422 g/mol. The van der Waals surface area contributed by atoms with E-state index < -0.39 is 0 Å². The van der Waals surface area contributed by atoms with Crippen molar-refractivity contribution in [2.75, 3.05) is 44.9 Å². The van der Waals surface area contributed by atoms with Crippen molar-refractivity contribution in [3.8, 4) is 11.4 Å². The minimum absolute atomic E-state index is 0.138. The number of carbonyl (C=O) groups excluding carboxylic acids is 1. The number of methoxy groups -OCH3 is 1. The highest BCUT2D eigenvalue weighted by Gasteiger charge is 2.31. The summed E-state index contributed by atoms with van der Waals surface area (Å²) in [6.45, 7) is 5.54. The Morgan fingerprint density at radius 3 is 3.03 bits per heavy atom. The van der Waals surface area contributed by atoms with Crippen LogP contribution in [0.15, 0.2) is 30.6 Å². The zero-order chi connectivity index (χ0) is 21.4. The van der Waals surface area contributed by atoms with Crippen LogP contribution in [-0.2, 0) is 9.47 Å². The number of anilines is 1. The Labute approximate surface area is 180 Å². The van der Waals surface area contributed by atoms with E-state index in [1.54, 1.807) is 11.1 Å². The van der Waals surface area contributed by atoms with E-state index in [1.807, 2.05) is 18.3 Å². The van der Waals surface area contributed by atoms with Gasteiger partial charge in [0.05, 0.1) is 32.1 Å². The van der Waals surface area contributed by atoms with E-state index in [2.05, 4.69) is 27.9 Å². The first-order valence-electron chi connectivity index (χ1n) is 10.6. The summed E-state index contributed by atoms with van der Waals surface area (Å²) in [4.78, 5) is 33.5. The molecular formula is C22H26N6O3. The van der Waals surface area contributed by atoms with Crippen LogP contribution in [0.25, 0.3) is 22.4 Å². The summed E-state index contributed by atoms with van der Waals surface area (Å²) in [5, 5.41) is 0.989. The van der Waals surface area contributed by atoms with Gasteiger partial charge in [-0.2, -0.15) is 0 Å². The first-order chi connectivity index (χ1) is 15.1. The molecule has 3 aromatic heterocycles. The van der Waals surface area contributed by atoms with Gasteiger partial charge in [0.1, 0.15) is 11.5 Å². The number of aromatic amines is 1. The fraction of sp³-hybridized carbons (Fsp3) is 0.455. The number of H-pyrrole nitrogens is 1. The van der Waals surface area contributed by atoms with E-state index >= 15 is 0 Å². The van der Waals surface area contributed by atoms with E-state index in [9.17, 15) is 4.79 Å². The first-order valence-corrected chi connectivity index (χ1v) is 10.6. The van der Waals surface area contributed by atoms with E-state index in [0.717, 1.165) is 41.1 Å². The molecule has 0 spiro atoms. The molecule has 0 bridgehead atoms. The second-order valence-electron chi connectivity index (χ2n) is 8.09. The highest BCUT2D eigenvalue weighted by Crippen LogP contribution is 2.32. The van der Waals surface area contributed by atoms with Crippen LogP contribution in [0.4, 0.5) is 10.6 Å². The number of ether oxygens (including phenoxy) is 2. The molecule has 0 aliphatic carbocycles. The third-order valence-corrected chi connectivity index (χ3v) is 6.13. The number of fused-ring (bicyclic) bond motifs is 1. The lowest BCUT2D eigenvalue weighted by atomic mass is 10.0. The number of amides is 1. The number of aromatic nitrogens is 4. The summed E-state index contributed by atoms with van der Waals surface area (Å²) in [5.41, 5.74) is 2.70. The zero-order valence-corrected chi connectivity index (χ0v) is 17.7. The number of likely N-dealkylation sites (tertiary alicyclic amines) is 1. The maximum atomic E-state index is 12.0. The average Bonchev–Trinajstić information content (AvgIpc) is 3.48. The van der Waals surface area contributed by atoms with Crippen molar-refractivity contribution < 1.29 is 14.3 Å². The number of carbonyl (C=O) groups is 1. The number of pyridine rings is 1. The highest BCUT2D eigenvalue weighted by molar-refractivity contribution is 5.91. The number of nitrogens with zero attached hydrogens (tertiary/aromatic N) is 5. The van der Waals surface area contributed by atoms with Crippen LogP contribution < -0.4 is 4.90 Å². The van der Waals surface area contributed by atoms with E-state index in [4.69, 9.17) is 19.4 Å². The van der Waals surface area contributed by atoms with Gasteiger partial charge in [0.15, 0.2) is 5.82 Å². The molecule has 0 unspecified atom stereocenters. The summed E-state index contributed by atoms with van der Waals surface area (Å²) in [6.07, 6.45) is 4.21. The van der Waals surface area contributed by atoms with Crippen molar-refractivity contribution in [1.82, 2.24) is 24.8 Å². The van der Waals surface area contributed by atoms with Crippen LogP contribution in [0.3, 0.4) is 0 Å². The van der Waals surface area contributed by atoms with Gasteiger partial charge in [-0.05, 0) is 25.5 Å². The first kappa shape index (κ1) is 19.7. The fourth-order valence-electron chi connectivity index (χ4n) is 4.45. The number of rotatable bonds is 3. The van der Waals surface area contributed by atoms with Gasteiger partial charge < -0.3 is 24.3 Å². The van der Waals surface area contributed by atoms with Gasteiger partial charge in [0, 0.05) is 55.0 Å². The van der Waals surface area contributed by atoms with Gasteiger partial charge in [0.25, 0.3) is 0 Å². The SMILES string of the molecule is COC(=O)N1CC[C@@H](c2cc(N3CCOC[C@H]3C)nc(-c3ccnc4[nH]ccc34)n2)C1. The molecule has 0 aromatic carbocycles. The molecule has 9 heteroatoms. The topological polar surface area (TPSA) is 96.5 Å². The summed E-state index contributed by atoms with van der Waals surface area (Å²) in [7, 11) is 1.42. The quantitative estimate of drug-likeness (QED) is 0.693. The van der Waals surface area contributed by atoms with Crippen molar-refractivity contribution in [3.05, 3.63) is 36.3 Å². The predicted octanol–water partition coefficient (Wildman–Crippen LogP) is 2.80. The number of nitrogens with one attached hydrogen (secondary N) is 1. The molecule has 162 valence electrons. The Balaban J connectivity index is 1.58. The molecule has 1 amide bonds. The van der Waals surface area contributed by atoms with Gasteiger partial charge in [0.2, 0.25) is 0 Å². The molecule has 5 heterocycles. The molecule has 2 saturated heterocycles. The van der Waals surface area contributed by atoms with Gasteiger partial charge in [-0.3, -0.25) is 0 Å². The van der Waals surface area contributed by atoms with Gasteiger partial charge in [-0.1, -0.05) is 0 Å². The van der Waals surface area contributed by atoms with E-state index in [0.29, 0.717) is 32.1 Å². The summed E-state index contributed by atoms with van der Waals surface area (Å²) in [6, 6.07) is 6.26. The zero-order valence-electron chi connectivity index (χ0n) is 17.7. The van der Waals surface area contributed by atoms with Crippen molar-refractivity contribution in [2.24, 2.45) is 0 Å². The molecule has 31 heavy (non-hydrogen) atoms. The summed E-state index contributed by atoms with van der Waals surface area (Å²) >= 11 is 0. The molecule has 0 radical (unpaired) electrons. The Hall–Kier alpha value is -3.20. The Morgan fingerprint density at radius 2 is 2.19 bits per heavy atom. The number of morpholine rings is 1. The minimum Gasteiger partial charge on any atom is -0.453 e. The van der Waals surface area contributed by atoms with Crippen LogP contribution in [-0.4, -0.2) is 76.9 Å². The summed E-state index contributed by atoms with van der Waals surface area (Å²) in [5.74, 6) is 1.71. The molecule has 2 fully saturated rings. The lowest BCUT2D eigenvalue weighted by Crippen LogP contribution is -2.44. The lowest BCUT2D eigenvalue weighted by Gasteiger charge is -2.34. The largest absolute Gasteiger partial charge is 0.453 e. The number of hydrogen-bond acceptors (Lipinski definition) is 7. The molecule has 5 rings (SSSR count). The van der Waals surface area contributed by atoms with Gasteiger partial charge in [-0.15, -0.1) is 0 Å².